The van der Waals surface area contributed by atoms with Crippen molar-refractivity contribution in [3.8, 4) is 5.75 Å². The molecule has 0 radical (unpaired) electrons. The Bertz CT molecular complexity index is 1290. The van der Waals surface area contributed by atoms with Crippen LogP contribution in [0.15, 0.2) is 42.6 Å². The van der Waals surface area contributed by atoms with Crippen LogP contribution in [0.4, 0.5) is 10.5 Å². The van der Waals surface area contributed by atoms with Gasteiger partial charge in [0.05, 0.1) is 20.6 Å². The number of anilines is 1. The summed E-state index contributed by atoms with van der Waals surface area (Å²) in [5.41, 5.74) is 4.12. The maximum Gasteiger partial charge on any atom is 0.411 e. The van der Waals surface area contributed by atoms with Gasteiger partial charge >= 0.3 is 12.1 Å². The number of nitrogens with zero attached hydrogens (tertiary/aromatic N) is 1. The molecular weight excluding hydrogens is 474 g/mol. The van der Waals surface area contributed by atoms with Gasteiger partial charge in [0.15, 0.2) is 0 Å². The summed E-state index contributed by atoms with van der Waals surface area (Å²) in [6.07, 6.45) is 6.35. The molecule has 0 unspecified atom stereocenters. The average Bonchev–Trinajstić information content (AvgIpc) is 3.51. The van der Waals surface area contributed by atoms with Crippen LogP contribution in [0.3, 0.4) is 0 Å². The Morgan fingerprint density at radius 1 is 1.03 bits per heavy atom. The van der Waals surface area contributed by atoms with E-state index in [1.165, 1.54) is 7.11 Å². The molecule has 2 aromatic carbocycles. The van der Waals surface area contributed by atoms with Crippen LogP contribution in [-0.2, 0) is 27.7 Å². The fourth-order valence-electron chi connectivity index (χ4n) is 4.72. The molecule has 0 aliphatic heterocycles. The molecule has 3 aromatic rings. The van der Waals surface area contributed by atoms with E-state index in [9.17, 15) is 14.4 Å². The van der Waals surface area contributed by atoms with Gasteiger partial charge in [-0.25, -0.2) is 4.79 Å². The van der Waals surface area contributed by atoms with Crippen LogP contribution in [0.5, 0.6) is 5.75 Å². The zero-order valence-corrected chi connectivity index (χ0v) is 21.5. The molecule has 9 nitrogen and oxygen atoms in total. The molecule has 1 aliphatic rings. The van der Waals surface area contributed by atoms with Crippen molar-refractivity contribution < 1.29 is 28.6 Å². The van der Waals surface area contributed by atoms with E-state index < -0.39 is 6.09 Å². The van der Waals surface area contributed by atoms with Crippen LogP contribution in [0.25, 0.3) is 10.9 Å². The normalized spacial score (nSPS) is 13.4. The summed E-state index contributed by atoms with van der Waals surface area (Å²) in [7, 11) is 4.86. The average molecular weight is 508 g/mol. The van der Waals surface area contributed by atoms with E-state index in [4.69, 9.17) is 9.47 Å². The lowest BCUT2D eigenvalue weighted by Crippen LogP contribution is -2.26. The van der Waals surface area contributed by atoms with Gasteiger partial charge in [0.2, 0.25) is 0 Å². The monoisotopic (exact) mass is 507 g/mol. The van der Waals surface area contributed by atoms with Gasteiger partial charge in [-0.15, -0.1) is 0 Å². The number of amides is 2. The molecule has 2 N–H and O–H groups in total. The highest BCUT2D eigenvalue weighted by atomic mass is 16.6. The molecule has 2 amide bonds. The number of aryl methyl sites for hydroxylation is 1. The zero-order chi connectivity index (χ0) is 26.4. The molecule has 0 atom stereocenters. The van der Waals surface area contributed by atoms with Crippen LogP contribution >= 0.6 is 0 Å². The summed E-state index contributed by atoms with van der Waals surface area (Å²) in [6, 6.07) is 11.1. The number of hydrogen-bond acceptors (Lipinski definition) is 6. The number of nitrogens with one attached hydrogen (secondary N) is 2. The molecule has 196 valence electrons. The largest absolute Gasteiger partial charge is 0.496 e. The van der Waals surface area contributed by atoms with E-state index in [-0.39, 0.29) is 30.9 Å². The highest BCUT2D eigenvalue weighted by molar-refractivity contribution is 5.95. The van der Waals surface area contributed by atoms with E-state index in [1.807, 2.05) is 35.9 Å². The molecule has 0 bridgehead atoms. The van der Waals surface area contributed by atoms with E-state index in [0.29, 0.717) is 23.4 Å². The SMILES string of the molecule is COC(=O)CCNC(=O)c1ccc(Cc2cn(C)c3ccc(NC(=O)OC4CCCC4)cc23)c(OC)c1. The van der Waals surface area contributed by atoms with Crippen LogP contribution in [0.1, 0.15) is 53.6 Å². The number of methoxy groups -OCH3 is 2. The van der Waals surface area contributed by atoms with Gasteiger partial charge in [0.1, 0.15) is 11.9 Å². The van der Waals surface area contributed by atoms with E-state index in [2.05, 4.69) is 21.6 Å². The maximum absolute atomic E-state index is 12.5. The van der Waals surface area contributed by atoms with E-state index >= 15 is 0 Å². The Kier molecular flexibility index (Phi) is 8.32. The Balaban J connectivity index is 1.49. The van der Waals surface area contributed by atoms with Gasteiger partial charge in [0, 0.05) is 48.4 Å². The van der Waals surface area contributed by atoms with Crippen LogP contribution in [0.2, 0.25) is 0 Å². The van der Waals surface area contributed by atoms with Crippen LogP contribution < -0.4 is 15.4 Å². The lowest BCUT2D eigenvalue weighted by Gasteiger charge is -2.13. The Morgan fingerprint density at radius 2 is 1.81 bits per heavy atom. The van der Waals surface area contributed by atoms with Gasteiger partial charge in [-0.05, 0) is 67.1 Å². The van der Waals surface area contributed by atoms with Crippen molar-refractivity contribution in [1.82, 2.24) is 9.88 Å². The number of hydrogen-bond donors (Lipinski definition) is 2. The molecule has 9 heteroatoms. The van der Waals surface area contributed by atoms with Crippen LogP contribution in [-0.4, -0.2) is 49.4 Å². The summed E-state index contributed by atoms with van der Waals surface area (Å²) in [5.74, 6) is -0.0847. The molecule has 1 aromatic heterocycles. The summed E-state index contributed by atoms with van der Waals surface area (Å²) in [4.78, 5) is 36.1. The molecule has 1 fully saturated rings. The minimum absolute atomic E-state index is 0.00128. The standard InChI is InChI=1S/C28H33N3O6/c1-31-17-20(23-16-21(10-11-24(23)31)30-28(34)37-22-6-4-5-7-22)14-18-8-9-19(15-25(18)35-2)27(33)29-13-12-26(32)36-3/h8-11,15-17,22H,4-7,12-14H2,1-3H3,(H,29,33)(H,30,34). The zero-order valence-electron chi connectivity index (χ0n) is 21.5. The first-order valence-corrected chi connectivity index (χ1v) is 12.5. The van der Waals surface area contributed by atoms with Crippen molar-refractivity contribution in [1.29, 1.82) is 0 Å². The summed E-state index contributed by atoms with van der Waals surface area (Å²) in [6.45, 7) is 0.191. The van der Waals surface area contributed by atoms with Gasteiger partial charge in [-0.3, -0.25) is 14.9 Å². The topological polar surface area (TPSA) is 108 Å². The first-order valence-electron chi connectivity index (χ1n) is 12.5. The third-order valence-corrected chi connectivity index (χ3v) is 6.67. The molecule has 37 heavy (non-hydrogen) atoms. The number of ether oxygens (including phenoxy) is 3. The third-order valence-electron chi connectivity index (χ3n) is 6.67. The van der Waals surface area contributed by atoms with Crippen molar-refractivity contribution in [2.75, 3.05) is 26.1 Å². The van der Waals surface area contributed by atoms with Crippen molar-refractivity contribution in [3.63, 3.8) is 0 Å². The minimum Gasteiger partial charge on any atom is -0.496 e. The molecule has 1 heterocycles. The molecule has 4 rings (SSSR count). The van der Waals surface area contributed by atoms with Crippen LogP contribution in [0, 0.1) is 0 Å². The lowest BCUT2D eigenvalue weighted by atomic mass is 10.0. The smallest absolute Gasteiger partial charge is 0.411 e. The first kappa shape index (κ1) is 26.1. The Labute approximate surface area is 216 Å². The fourth-order valence-corrected chi connectivity index (χ4v) is 4.72. The summed E-state index contributed by atoms with van der Waals surface area (Å²) >= 11 is 0. The van der Waals surface area contributed by atoms with Gasteiger partial charge in [0.25, 0.3) is 5.91 Å². The van der Waals surface area contributed by atoms with E-state index in [1.54, 1.807) is 19.2 Å². The number of rotatable bonds is 9. The van der Waals surface area contributed by atoms with Crippen molar-refractivity contribution in [2.24, 2.45) is 7.05 Å². The van der Waals surface area contributed by atoms with E-state index in [0.717, 1.165) is 47.7 Å². The Morgan fingerprint density at radius 3 is 2.54 bits per heavy atom. The number of benzene rings is 2. The predicted molar refractivity (Wildman–Crippen MR) is 140 cm³/mol. The van der Waals surface area contributed by atoms with Crippen molar-refractivity contribution >= 4 is 34.6 Å². The van der Waals surface area contributed by atoms with Gasteiger partial charge in [-0.2, -0.15) is 0 Å². The quantitative estimate of drug-likeness (QED) is 0.411. The fraction of sp³-hybridized carbons (Fsp3) is 0.393. The first-order chi connectivity index (χ1) is 17.9. The molecule has 0 saturated heterocycles. The second kappa shape index (κ2) is 11.8. The minimum atomic E-state index is -0.425. The maximum atomic E-state index is 12.5. The Hall–Kier alpha value is -4.01. The molecule has 1 aliphatic carbocycles. The highest BCUT2D eigenvalue weighted by Gasteiger charge is 2.20. The summed E-state index contributed by atoms with van der Waals surface area (Å²) < 4.78 is 17.8. The second-order valence-electron chi connectivity index (χ2n) is 9.22. The number of fused-ring (bicyclic) bond motifs is 1. The van der Waals surface area contributed by atoms with Crippen molar-refractivity contribution in [2.45, 2.75) is 44.6 Å². The lowest BCUT2D eigenvalue weighted by molar-refractivity contribution is -0.140. The van der Waals surface area contributed by atoms with Crippen molar-refractivity contribution in [3.05, 3.63) is 59.3 Å². The number of esters is 1. The summed E-state index contributed by atoms with van der Waals surface area (Å²) in [5, 5.41) is 6.58. The molecular formula is C28H33N3O6. The predicted octanol–water partition coefficient (Wildman–Crippen LogP) is 4.56. The second-order valence-corrected chi connectivity index (χ2v) is 9.22. The number of carbonyl (C=O) groups excluding carboxylic acids is 3. The number of aromatic nitrogens is 1. The number of carbonyl (C=O) groups is 3. The molecule has 1 saturated carbocycles. The van der Waals surface area contributed by atoms with Gasteiger partial charge in [-0.1, -0.05) is 6.07 Å². The molecule has 0 spiro atoms. The third kappa shape index (κ3) is 6.41. The van der Waals surface area contributed by atoms with Gasteiger partial charge < -0.3 is 24.1 Å². The highest BCUT2D eigenvalue weighted by Crippen LogP contribution is 2.30.